The summed E-state index contributed by atoms with van der Waals surface area (Å²) < 4.78 is 25.4. The summed E-state index contributed by atoms with van der Waals surface area (Å²) >= 11 is 0. The molecule has 1 unspecified atom stereocenters. The minimum Gasteiger partial charge on any atom is -0.381 e. The first-order chi connectivity index (χ1) is 15.7. The van der Waals surface area contributed by atoms with Gasteiger partial charge >= 0.3 is 0 Å². The van der Waals surface area contributed by atoms with Gasteiger partial charge in [-0.1, -0.05) is 75.5 Å². The Labute approximate surface area is 212 Å². The molecule has 34 heavy (non-hydrogen) atoms. The Morgan fingerprint density at radius 1 is 0.971 bits per heavy atom. The van der Waals surface area contributed by atoms with Crippen LogP contribution in [0.15, 0.2) is 24.3 Å². The fraction of sp³-hybridized carbons (Fsp3) is 0.862. The molecular weight excluding hydrogens is 428 g/mol. The van der Waals surface area contributed by atoms with Gasteiger partial charge in [0.05, 0.1) is 26.4 Å². The van der Waals surface area contributed by atoms with E-state index in [1.54, 1.807) is 14.2 Å². The quantitative estimate of drug-likeness (QED) is 0.357. The van der Waals surface area contributed by atoms with Gasteiger partial charge in [0.2, 0.25) is 0 Å². The lowest BCUT2D eigenvalue weighted by Crippen LogP contribution is -2.35. The van der Waals surface area contributed by atoms with Gasteiger partial charge in [0.25, 0.3) is 0 Å². The monoisotopic (exact) mass is 486 g/mol. The van der Waals surface area contributed by atoms with E-state index in [1.807, 2.05) is 0 Å². The Morgan fingerprint density at radius 2 is 1.50 bits per heavy atom. The fourth-order valence-electron chi connectivity index (χ4n) is 3.18. The van der Waals surface area contributed by atoms with Crippen LogP contribution in [0.1, 0.15) is 75.2 Å². The molecule has 2 fully saturated rings. The molecule has 0 spiro atoms. The summed E-state index contributed by atoms with van der Waals surface area (Å²) in [6, 6.07) is 0. The average Bonchev–Trinajstić information content (AvgIpc) is 3.19. The van der Waals surface area contributed by atoms with Crippen LogP contribution in [-0.2, 0) is 23.7 Å². The standard InChI is InChI=1S/C9H18O2.C8H16O.C7H14O.C5H10O/c1-8(2)4-9(3)5-10-7-11-6-9;1-7(6-9-5)8(2,3)4;1-6(2)7(3)5-8-4;1-5-2-3-6-4-5/h8H,4-7H2,1-3H3;1,6H2,2-5H3;6H,3,5H2,1-2,4H3;5H,2-4H2,1H3. The SMILES string of the molecule is C=C(COC)C(C)(C)C.C=C(COC)C(C)C.CC(C)CC1(C)COCOC1.CC1CCOC1. The summed E-state index contributed by atoms with van der Waals surface area (Å²) in [6.45, 7) is 32.8. The Hall–Kier alpha value is -0.720. The zero-order chi connectivity index (χ0) is 26.8. The molecule has 0 saturated carbocycles. The third-order valence-electron chi connectivity index (χ3n) is 5.65. The summed E-state index contributed by atoms with van der Waals surface area (Å²) in [5, 5.41) is 0. The van der Waals surface area contributed by atoms with Crippen molar-refractivity contribution in [2.45, 2.75) is 75.2 Å². The molecule has 204 valence electrons. The molecule has 1 atom stereocenters. The van der Waals surface area contributed by atoms with E-state index in [9.17, 15) is 0 Å². The second-order valence-electron chi connectivity index (χ2n) is 11.7. The molecule has 0 aromatic rings. The molecule has 2 saturated heterocycles. The van der Waals surface area contributed by atoms with E-state index in [1.165, 1.54) is 12.8 Å². The highest BCUT2D eigenvalue weighted by atomic mass is 16.7. The molecule has 0 N–H and O–H groups in total. The zero-order valence-electron chi connectivity index (χ0n) is 24.6. The minimum absolute atomic E-state index is 0.190. The smallest absolute Gasteiger partial charge is 0.146 e. The van der Waals surface area contributed by atoms with Crippen LogP contribution in [0, 0.1) is 28.6 Å². The van der Waals surface area contributed by atoms with E-state index >= 15 is 0 Å². The molecule has 2 aliphatic heterocycles. The molecule has 0 bridgehead atoms. The van der Waals surface area contributed by atoms with Gasteiger partial charge in [0.1, 0.15) is 6.79 Å². The average molecular weight is 487 g/mol. The molecule has 5 heteroatoms. The molecule has 0 amide bonds. The topological polar surface area (TPSA) is 46.2 Å². The molecule has 0 aliphatic carbocycles. The van der Waals surface area contributed by atoms with Crippen molar-refractivity contribution in [1.82, 2.24) is 0 Å². The predicted octanol–water partition coefficient (Wildman–Crippen LogP) is 7.17. The maximum absolute atomic E-state index is 5.26. The normalized spacial score (nSPS) is 19.3. The molecule has 5 nitrogen and oxygen atoms in total. The molecule has 0 aromatic heterocycles. The van der Waals surface area contributed by atoms with Gasteiger partial charge in [-0.2, -0.15) is 0 Å². The molecular formula is C29H58O5. The van der Waals surface area contributed by atoms with Crippen molar-refractivity contribution in [2.75, 3.05) is 60.7 Å². The first-order valence-electron chi connectivity index (χ1n) is 12.8. The summed E-state index contributed by atoms with van der Waals surface area (Å²) in [5.41, 5.74) is 2.75. The van der Waals surface area contributed by atoms with E-state index in [4.69, 9.17) is 23.7 Å². The number of hydrogen-bond acceptors (Lipinski definition) is 5. The number of methoxy groups -OCH3 is 2. The predicted molar refractivity (Wildman–Crippen MR) is 145 cm³/mol. The molecule has 2 heterocycles. The third kappa shape index (κ3) is 20.6. The Bertz CT molecular complexity index is 507. The largest absolute Gasteiger partial charge is 0.381 e. The van der Waals surface area contributed by atoms with Crippen molar-refractivity contribution in [3.05, 3.63) is 24.3 Å². The first-order valence-corrected chi connectivity index (χ1v) is 12.8. The lowest BCUT2D eigenvalue weighted by atomic mass is 9.83. The van der Waals surface area contributed by atoms with Crippen molar-refractivity contribution in [1.29, 1.82) is 0 Å². The van der Waals surface area contributed by atoms with Crippen molar-refractivity contribution < 1.29 is 23.7 Å². The highest BCUT2D eigenvalue weighted by Gasteiger charge is 2.29. The second kappa shape index (κ2) is 19.5. The molecule has 2 aliphatic rings. The summed E-state index contributed by atoms with van der Waals surface area (Å²) in [4.78, 5) is 0. The first kappa shape index (κ1) is 35.4. The van der Waals surface area contributed by atoms with Crippen LogP contribution in [0.3, 0.4) is 0 Å². The van der Waals surface area contributed by atoms with Gasteiger partial charge in [0, 0.05) is 32.8 Å². The van der Waals surface area contributed by atoms with E-state index in [0.29, 0.717) is 25.9 Å². The van der Waals surface area contributed by atoms with E-state index in [2.05, 4.69) is 75.5 Å². The van der Waals surface area contributed by atoms with Crippen molar-refractivity contribution >= 4 is 0 Å². The molecule has 0 aromatic carbocycles. The summed E-state index contributed by atoms with van der Waals surface area (Å²) in [7, 11) is 3.38. The van der Waals surface area contributed by atoms with Crippen LogP contribution in [0.4, 0.5) is 0 Å². The summed E-state index contributed by atoms with van der Waals surface area (Å²) in [6.07, 6.45) is 2.45. The van der Waals surface area contributed by atoms with Crippen LogP contribution < -0.4 is 0 Å². The van der Waals surface area contributed by atoms with Crippen molar-refractivity contribution in [2.24, 2.45) is 28.6 Å². The Kier molecular flexibility index (Phi) is 20.3. The van der Waals surface area contributed by atoms with Gasteiger partial charge in [-0.25, -0.2) is 0 Å². The van der Waals surface area contributed by atoms with Crippen molar-refractivity contribution in [3.8, 4) is 0 Å². The van der Waals surface area contributed by atoms with Crippen LogP contribution >= 0.6 is 0 Å². The number of ether oxygens (including phenoxy) is 5. The highest BCUT2D eigenvalue weighted by molar-refractivity contribution is 5.04. The molecule has 2 rings (SSSR count). The lowest BCUT2D eigenvalue weighted by Gasteiger charge is -2.34. The van der Waals surface area contributed by atoms with Gasteiger partial charge in [-0.3, -0.25) is 0 Å². The number of rotatable bonds is 7. The van der Waals surface area contributed by atoms with E-state index < -0.39 is 0 Å². The number of hydrogen-bond donors (Lipinski definition) is 0. The van der Waals surface area contributed by atoms with Crippen molar-refractivity contribution in [3.63, 3.8) is 0 Å². The van der Waals surface area contributed by atoms with Gasteiger partial charge < -0.3 is 23.7 Å². The van der Waals surface area contributed by atoms with Gasteiger partial charge in [-0.05, 0) is 47.2 Å². The van der Waals surface area contributed by atoms with Gasteiger partial charge in [0.15, 0.2) is 0 Å². The van der Waals surface area contributed by atoms with E-state index in [0.717, 1.165) is 49.4 Å². The minimum atomic E-state index is 0.190. The highest BCUT2D eigenvalue weighted by Crippen LogP contribution is 2.29. The maximum atomic E-state index is 5.26. The van der Waals surface area contributed by atoms with E-state index in [-0.39, 0.29) is 10.8 Å². The molecule has 0 radical (unpaired) electrons. The lowest BCUT2D eigenvalue weighted by molar-refractivity contribution is -0.163. The fourth-order valence-corrected chi connectivity index (χ4v) is 3.18. The Balaban J connectivity index is 0. The second-order valence-corrected chi connectivity index (χ2v) is 11.7. The Morgan fingerprint density at radius 3 is 1.74 bits per heavy atom. The third-order valence-corrected chi connectivity index (χ3v) is 5.65. The summed E-state index contributed by atoms with van der Waals surface area (Å²) in [5.74, 6) is 2.10. The zero-order valence-corrected chi connectivity index (χ0v) is 24.6. The van der Waals surface area contributed by atoms with Crippen LogP contribution in [0.2, 0.25) is 0 Å². The van der Waals surface area contributed by atoms with Gasteiger partial charge in [-0.15, -0.1) is 0 Å². The van der Waals surface area contributed by atoms with Crippen LogP contribution in [0.5, 0.6) is 0 Å². The maximum Gasteiger partial charge on any atom is 0.146 e. The van der Waals surface area contributed by atoms with Crippen LogP contribution in [-0.4, -0.2) is 60.7 Å². The van der Waals surface area contributed by atoms with Crippen LogP contribution in [0.25, 0.3) is 0 Å².